The molecule has 0 bridgehead atoms. The van der Waals surface area contributed by atoms with Crippen LogP contribution in [-0.2, 0) is 12.7 Å². The van der Waals surface area contributed by atoms with Crippen molar-refractivity contribution in [3.8, 4) is 5.75 Å². The van der Waals surface area contributed by atoms with Gasteiger partial charge >= 0.3 is 6.18 Å². The van der Waals surface area contributed by atoms with Gasteiger partial charge in [0.1, 0.15) is 5.69 Å². The normalized spacial score (nSPS) is 13.2. The number of aromatic nitrogens is 3. The predicted molar refractivity (Wildman–Crippen MR) is 69.7 cm³/mol. The molecule has 0 aliphatic heterocycles. The smallest absolute Gasteiger partial charge is 0.417 e. The van der Waals surface area contributed by atoms with E-state index in [1.54, 1.807) is 4.68 Å². The molecular weight excluding hydrogens is 285 g/mol. The van der Waals surface area contributed by atoms with Gasteiger partial charge in [0.25, 0.3) is 0 Å². The number of ether oxygens (including phenoxy) is 1. The highest BCUT2D eigenvalue weighted by atomic mass is 19.4. The first-order valence-corrected chi connectivity index (χ1v) is 6.26. The minimum atomic E-state index is -4.42. The quantitative estimate of drug-likeness (QED) is 0.941. The second kappa shape index (κ2) is 5.72. The molecule has 2 aromatic rings. The molecule has 0 spiro atoms. The number of hydrogen-bond acceptors (Lipinski definition) is 4. The summed E-state index contributed by atoms with van der Waals surface area (Å²) in [7, 11) is 1.48. The molecule has 1 atom stereocenters. The summed E-state index contributed by atoms with van der Waals surface area (Å²) in [6, 6.07) is 1.51. The summed E-state index contributed by atoms with van der Waals surface area (Å²) in [6.07, 6.45) is -2.13. The van der Waals surface area contributed by atoms with Crippen molar-refractivity contribution in [3.63, 3.8) is 0 Å². The van der Waals surface area contributed by atoms with Gasteiger partial charge in [0, 0.05) is 12.7 Å². The van der Waals surface area contributed by atoms with Crippen LogP contribution < -0.4 is 10.5 Å². The average molecular weight is 300 g/mol. The molecule has 2 rings (SSSR count). The minimum absolute atomic E-state index is 0.316. The number of nitrogens with zero attached hydrogens (tertiary/aromatic N) is 3. The van der Waals surface area contributed by atoms with Crippen LogP contribution in [0.4, 0.5) is 13.2 Å². The Balaban J connectivity index is 2.36. The van der Waals surface area contributed by atoms with Crippen molar-refractivity contribution in [2.24, 2.45) is 5.73 Å². The molecule has 5 nitrogen and oxygen atoms in total. The maximum Gasteiger partial charge on any atom is 0.417 e. The molecule has 0 saturated carbocycles. The number of hydrogen-bond donors (Lipinski definition) is 1. The minimum Gasteiger partial charge on any atom is -0.493 e. The number of alkyl halides is 3. The van der Waals surface area contributed by atoms with Gasteiger partial charge < -0.3 is 10.5 Å². The van der Waals surface area contributed by atoms with E-state index in [0.29, 0.717) is 23.7 Å². The fourth-order valence-electron chi connectivity index (χ4n) is 2.00. The van der Waals surface area contributed by atoms with Crippen LogP contribution in [-0.4, -0.2) is 21.9 Å². The van der Waals surface area contributed by atoms with Gasteiger partial charge in [-0.3, -0.25) is 9.67 Å². The van der Waals surface area contributed by atoms with Crippen molar-refractivity contribution in [3.05, 3.63) is 41.5 Å². The summed E-state index contributed by atoms with van der Waals surface area (Å²) < 4.78 is 44.4. The lowest BCUT2D eigenvalue weighted by atomic mass is 10.1. The Morgan fingerprint density at radius 3 is 2.52 bits per heavy atom. The number of halogens is 3. The second-order valence-corrected chi connectivity index (χ2v) is 4.36. The molecule has 0 saturated heterocycles. The van der Waals surface area contributed by atoms with E-state index in [9.17, 15) is 13.2 Å². The van der Waals surface area contributed by atoms with Crippen molar-refractivity contribution in [1.82, 2.24) is 14.8 Å². The summed E-state index contributed by atoms with van der Waals surface area (Å²) in [5.74, 6) is 0.478. The molecule has 0 aromatic carbocycles. The van der Waals surface area contributed by atoms with Gasteiger partial charge in [-0.05, 0) is 19.1 Å². The SMILES string of the molecule is CCn1ncc(OC)c1C(N)c1ccc(C(F)(F)F)cn1. The van der Waals surface area contributed by atoms with Crippen molar-refractivity contribution in [1.29, 1.82) is 0 Å². The van der Waals surface area contributed by atoms with E-state index in [1.807, 2.05) is 6.92 Å². The van der Waals surface area contributed by atoms with E-state index in [4.69, 9.17) is 10.5 Å². The maximum atomic E-state index is 12.5. The lowest BCUT2D eigenvalue weighted by Crippen LogP contribution is -2.19. The average Bonchev–Trinajstić information content (AvgIpc) is 2.88. The summed E-state index contributed by atoms with van der Waals surface area (Å²) in [5.41, 5.74) is 6.17. The fraction of sp³-hybridized carbons (Fsp3) is 0.385. The number of pyridine rings is 1. The van der Waals surface area contributed by atoms with E-state index in [2.05, 4.69) is 10.1 Å². The number of rotatable bonds is 4. The van der Waals surface area contributed by atoms with E-state index in [1.165, 1.54) is 19.4 Å². The van der Waals surface area contributed by atoms with Crippen LogP contribution in [0.25, 0.3) is 0 Å². The largest absolute Gasteiger partial charge is 0.493 e. The topological polar surface area (TPSA) is 66.0 Å². The van der Waals surface area contributed by atoms with E-state index >= 15 is 0 Å². The first kappa shape index (κ1) is 15.3. The summed E-state index contributed by atoms with van der Waals surface area (Å²) >= 11 is 0. The molecule has 1 unspecified atom stereocenters. The number of methoxy groups -OCH3 is 1. The lowest BCUT2D eigenvalue weighted by Gasteiger charge is -2.15. The van der Waals surface area contributed by atoms with Crippen LogP contribution in [0.2, 0.25) is 0 Å². The Kier molecular flexibility index (Phi) is 4.17. The molecule has 0 radical (unpaired) electrons. The van der Waals surface area contributed by atoms with Crippen LogP contribution >= 0.6 is 0 Å². The molecule has 0 amide bonds. The van der Waals surface area contributed by atoms with Crippen LogP contribution in [0.3, 0.4) is 0 Å². The summed E-state index contributed by atoms with van der Waals surface area (Å²) in [5, 5.41) is 4.11. The molecule has 0 aliphatic carbocycles. The zero-order chi connectivity index (χ0) is 15.6. The third-order valence-electron chi connectivity index (χ3n) is 3.09. The standard InChI is InChI=1S/C13H15F3N4O/c1-3-20-12(10(21-2)7-19-20)11(17)9-5-4-8(6-18-9)13(14,15)16/h4-7,11H,3,17H2,1-2H3. The van der Waals surface area contributed by atoms with Gasteiger partial charge in [0.2, 0.25) is 0 Å². The fourth-order valence-corrected chi connectivity index (χ4v) is 2.00. The molecular formula is C13H15F3N4O. The first-order valence-electron chi connectivity index (χ1n) is 6.26. The van der Waals surface area contributed by atoms with Crippen LogP contribution in [0.15, 0.2) is 24.5 Å². The molecule has 114 valence electrons. The molecule has 0 aliphatic rings. The van der Waals surface area contributed by atoms with Crippen LogP contribution in [0, 0.1) is 0 Å². The van der Waals surface area contributed by atoms with E-state index in [-0.39, 0.29) is 0 Å². The lowest BCUT2D eigenvalue weighted by molar-refractivity contribution is -0.137. The Hall–Kier alpha value is -2.09. The molecule has 2 heterocycles. The summed E-state index contributed by atoms with van der Waals surface area (Å²) in [4.78, 5) is 3.81. The molecule has 8 heteroatoms. The number of nitrogens with two attached hydrogens (primary N) is 1. The van der Waals surface area contributed by atoms with Crippen molar-refractivity contribution < 1.29 is 17.9 Å². The van der Waals surface area contributed by atoms with Gasteiger partial charge in [-0.2, -0.15) is 18.3 Å². The second-order valence-electron chi connectivity index (χ2n) is 4.36. The zero-order valence-electron chi connectivity index (χ0n) is 11.6. The van der Waals surface area contributed by atoms with Gasteiger partial charge in [-0.1, -0.05) is 0 Å². The highest BCUT2D eigenvalue weighted by Gasteiger charge is 2.31. The molecule has 0 fully saturated rings. The highest BCUT2D eigenvalue weighted by Crippen LogP contribution is 2.31. The molecule has 2 N–H and O–H groups in total. The van der Waals surface area contributed by atoms with Crippen molar-refractivity contribution in [2.75, 3.05) is 7.11 Å². The Bertz CT molecular complexity index is 585. The van der Waals surface area contributed by atoms with Crippen molar-refractivity contribution in [2.45, 2.75) is 25.7 Å². The number of aryl methyl sites for hydroxylation is 1. The van der Waals surface area contributed by atoms with Crippen LogP contribution in [0.1, 0.15) is 29.9 Å². The zero-order valence-corrected chi connectivity index (χ0v) is 11.6. The van der Waals surface area contributed by atoms with Gasteiger partial charge in [0.15, 0.2) is 5.75 Å². The Labute approximate surface area is 119 Å². The third-order valence-corrected chi connectivity index (χ3v) is 3.09. The highest BCUT2D eigenvalue weighted by molar-refractivity contribution is 5.34. The van der Waals surface area contributed by atoms with Gasteiger partial charge in [-0.25, -0.2) is 0 Å². The van der Waals surface area contributed by atoms with Crippen molar-refractivity contribution >= 4 is 0 Å². The van der Waals surface area contributed by atoms with Gasteiger partial charge in [-0.15, -0.1) is 0 Å². The van der Waals surface area contributed by atoms with E-state index in [0.717, 1.165) is 12.3 Å². The van der Waals surface area contributed by atoms with Gasteiger partial charge in [0.05, 0.1) is 30.6 Å². The monoisotopic (exact) mass is 300 g/mol. The third kappa shape index (κ3) is 2.99. The molecule has 21 heavy (non-hydrogen) atoms. The first-order chi connectivity index (χ1) is 9.88. The predicted octanol–water partition coefficient (Wildman–Crippen LogP) is 2.37. The van der Waals surface area contributed by atoms with E-state index < -0.39 is 17.8 Å². The summed E-state index contributed by atoms with van der Waals surface area (Å²) in [6.45, 7) is 2.44. The van der Waals surface area contributed by atoms with Crippen LogP contribution in [0.5, 0.6) is 5.75 Å². The Morgan fingerprint density at radius 1 is 1.33 bits per heavy atom. The molecule has 2 aromatic heterocycles. The Morgan fingerprint density at radius 2 is 2.05 bits per heavy atom. The maximum absolute atomic E-state index is 12.5.